The molecule has 0 unspecified atom stereocenters. The minimum atomic E-state index is 0.506. The standard InChI is InChI=1S/C10H18N4/c1-3-4-5-8-14(2)10-9(11)12-6-7-13-10/h6-7H,3-5,8H2,1-2H3,(H2,11,12). The molecule has 14 heavy (non-hydrogen) atoms. The van der Waals surface area contributed by atoms with Gasteiger partial charge in [-0.05, 0) is 6.42 Å². The summed E-state index contributed by atoms with van der Waals surface area (Å²) in [4.78, 5) is 10.3. The van der Waals surface area contributed by atoms with E-state index in [-0.39, 0.29) is 0 Å². The van der Waals surface area contributed by atoms with Crippen LogP contribution in [0, 0.1) is 0 Å². The van der Waals surface area contributed by atoms with Crippen LogP contribution in [0.25, 0.3) is 0 Å². The second kappa shape index (κ2) is 5.42. The largest absolute Gasteiger partial charge is 0.381 e. The van der Waals surface area contributed by atoms with Crippen LogP contribution in [0.15, 0.2) is 12.4 Å². The highest BCUT2D eigenvalue weighted by atomic mass is 15.2. The first kappa shape index (κ1) is 10.8. The third-order valence-corrected chi connectivity index (χ3v) is 2.16. The molecule has 0 aliphatic heterocycles. The Balaban J connectivity index is 2.51. The van der Waals surface area contributed by atoms with E-state index in [0.29, 0.717) is 5.82 Å². The van der Waals surface area contributed by atoms with E-state index in [1.807, 2.05) is 7.05 Å². The fraction of sp³-hybridized carbons (Fsp3) is 0.600. The number of hydrogen-bond donors (Lipinski definition) is 1. The molecule has 0 amide bonds. The summed E-state index contributed by atoms with van der Waals surface area (Å²) >= 11 is 0. The fourth-order valence-corrected chi connectivity index (χ4v) is 1.34. The van der Waals surface area contributed by atoms with E-state index in [0.717, 1.165) is 12.4 Å². The smallest absolute Gasteiger partial charge is 0.171 e. The second-order valence-electron chi connectivity index (χ2n) is 3.39. The Kier molecular flexibility index (Phi) is 4.16. The molecular weight excluding hydrogens is 176 g/mol. The SMILES string of the molecule is CCCCCN(C)c1nccnc1N. The summed E-state index contributed by atoms with van der Waals surface area (Å²) in [5, 5.41) is 0. The van der Waals surface area contributed by atoms with E-state index in [1.165, 1.54) is 19.3 Å². The molecule has 4 nitrogen and oxygen atoms in total. The average Bonchev–Trinajstić information content (AvgIpc) is 2.18. The van der Waals surface area contributed by atoms with Gasteiger partial charge in [-0.1, -0.05) is 19.8 Å². The minimum Gasteiger partial charge on any atom is -0.381 e. The van der Waals surface area contributed by atoms with Crippen LogP contribution in [0.4, 0.5) is 11.6 Å². The van der Waals surface area contributed by atoms with Crippen LogP contribution in [-0.2, 0) is 0 Å². The normalized spacial score (nSPS) is 10.1. The molecule has 1 aromatic heterocycles. The molecule has 0 spiro atoms. The van der Waals surface area contributed by atoms with Crippen LogP contribution in [-0.4, -0.2) is 23.6 Å². The Labute approximate surface area is 85.2 Å². The van der Waals surface area contributed by atoms with Crippen LogP contribution in [0.3, 0.4) is 0 Å². The van der Waals surface area contributed by atoms with Crippen LogP contribution in [0.5, 0.6) is 0 Å². The predicted octanol–water partition coefficient (Wildman–Crippen LogP) is 1.69. The van der Waals surface area contributed by atoms with Gasteiger partial charge in [0.05, 0.1) is 0 Å². The number of anilines is 2. The van der Waals surface area contributed by atoms with Gasteiger partial charge < -0.3 is 10.6 Å². The first-order chi connectivity index (χ1) is 6.75. The van der Waals surface area contributed by atoms with Crippen molar-refractivity contribution in [3.05, 3.63) is 12.4 Å². The maximum atomic E-state index is 5.71. The molecule has 78 valence electrons. The van der Waals surface area contributed by atoms with Gasteiger partial charge in [0, 0.05) is 26.0 Å². The zero-order chi connectivity index (χ0) is 10.4. The Morgan fingerprint density at radius 3 is 2.64 bits per heavy atom. The third-order valence-electron chi connectivity index (χ3n) is 2.16. The first-order valence-electron chi connectivity index (χ1n) is 5.03. The van der Waals surface area contributed by atoms with Gasteiger partial charge in [0.25, 0.3) is 0 Å². The molecule has 0 aromatic carbocycles. The monoisotopic (exact) mass is 194 g/mol. The minimum absolute atomic E-state index is 0.506. The van der Waals surface area contributed by atoms with Crippen LogP contribution in [0.2, 0.25) is 0 Å². The van der Waals surface area contributed by atoms with E-state index in [1.54, 1.807) is 12.4 Å². The van der Waals surface area contributed by atoms with E-state index in [2.05, 4.69) is 21.8 Å². The van der Waals surface area contributed by atoms with Crippen molar-refractivity contribution < 1.29 is 0 Å². The van der Waals surface area contributed by atoms with Gasteiger partial charge in [-0.25, -0.2) is 9.97 Å². The molecule has 0 saturated carbocycles. The zero-order valence-electron chi connectivity index (χ0n) is 8.90. The van der Waals surface area contributed by atoms with Crippen LogP contribution in [0.1, 0.15) is 26.2 Å². The van der Waals surface area contributed by atoms with Crippen molar-refractivity contribution in [1.29, 1.82) is 0 Å². The molecule has 0 aliphatic carbocycles. The van der Waals surface area contributed by atoms with Crippen molar-refractivity contribution in [2.45, 2.75) is 26.2 Å². The van der Waals surface area contributed by atoms with Crippen molar-refractivity contribution >= 4 is 11.6 Å². The van der Waals surface area contributed by atoms with E-state index in [9.17, 15) is 0 Å². The van der Waals surface area contributed by atoms with Gasteiger partial charge in [0.2, 0.25) is 0 Å². The highest BCUT2D eigenvalue weighted by Crippen LogP contribution is 2.15. The quantitative estimate of drug-likeness (QED) is 0.725. The molecule has 1 aromatic rings. The summed E-state index contributed by atoms with van der Waals surface area (Å²) in [5.41, 5.74) is 5.71. The van der Waals surface area contributed by atoms with E-state index in [4.69, 9.17) is 5.73 Å². The van der Waals surface area contributed by atoms with Gasteiger partial charge >= 0.3 is 0 Å². The number of aromatic nitrogens is 2. The van der Waals surface area contributed by atoms with Crippen molar-refractivity contribution in [2.24, 2.45) is 0 Å². The van der Waals surface area contributed by atoms with Gasteiger partial charge in [0.15, 0.2) is 11.6 Å². The lowest BCUT2D eigenvalue weighted by Crippen LogP contribution is -2.21. The van der Waals surface area contributed by atoms with Crippen molar-refractivity contribution in [1.82, 2.24) is 9.97 Å². The molecule has 0 aliphatic rings. The maximum Gasteiger partial charge on any atom is 0.171 e. The highest BCUT2D eigenvalue weighted by molar-refractivity contribution is 5.56. The molecule has 2 N–H and O–H groups in total. The van der Waals surface area contributed by atoms with Gasteiger partial charge in [-0.3, -0.25) is 0 Å². The lowest BCUT2D eigenvalue weighted by atomic mass is 10.2. The number of unbranched alkanes of at least 4 members (excludes halogenated alkanes) is 2. The van der Waals surface area contributed by atoms with Crippen molar-refractivity contribution in [3.63, 3.8) is 0 Å². The number of nitrogen functional groups attached to an aromatic ring is 1. The highest BCUT2D eigenvalue weighted by Gasteiger charge is 2.05. The molecule has 1 heterocycles. The van der Waals surface area contributed by atoms with E-state index >= 15 is 0 Å². The molecule has 0 bridgehead atoms. The number of rotatable bonds is 5. The van der Waals surface area contributed by atoms with Crippen LogP contribution >= 0.6 is 0 Å². The molecule has 4 heteroatoms. The van der Waals surface area contributed by atoms with Gasteiger partial charge in [-0.2, -0.15) is 0 Å². The average molecular weight is 194 g/mol. The summed E-state index contributed by atoms with van der Waals surface area (Å²) in [6.07, 6.45) is 6.91. The molecule has 0 radical (unpaired) electrons. The summed E-state index contributed by atoms with van der Waals surface area (Å²) in [7, 11) is 2.00. The predicted molar refractivity (Wildman–Crippen MR) is 59.2 cm³/mol. The summed E-state index contributed by atoms with van der Waals surface area (Å²) in [6.45, 7) is 3.17. The summed E-state index contributed by atoms with van der Waals surface area (Å²) in [6, 6.07) is 0. The Hall–Kier alpha value is -1.32. The molecule has 0 atom stereocenters. The van der Waals surface area contributed by atoms with Gasteiger partial charge in [0.1, 0.15) is 0 Å². The molecule has 0 saturated heterocycles. The lowest BCUT2D eigenvalue weighted by molar-refractivity contribution is 0.701. The topological polar surface area (TPSA) is 55.0 Å². The van der Waals surface area contributed by atoms with Crippen molar-refractivity contribution in [2.75, 3.05) is 24.2 Å². The number of nitrogens with two attached hydrogens (primary N) is 1. The Bertz CT molecular complexity index is 275. The number of nitrogens with zero attached hydrogens (tertiary/aromatic N) is 3. The van der Waals surface area contributed by atoms with Crippen LogP contribution < -0.4 is 10.6 Å². The summed E-state index contributed by atoms with van der Waals surface area (Å²) < 4.78 is 0. The third kappa shape index (κ3) is 2.87. The molecule has 0 fully saturated rings. The zero-order valence-corrected chi connectivity index (χ0v) is 8.90. The Morgan fingerprint density at radius 2 is 2.00 bits per heavy atom. The number of hydrogen-bond acceptors (Lipinski definition) is 4. The van der Waals surface area contributed by atoms with E-state index < -0.39 is 0 Å². The second-order valence-corrected chi connectivity index (χ2v) is 3.39. The summed E-state index contributed by atoms with van der Waals surface area (Å²) in [5.74, 6) is 1.29. The first-order valence-corrected chi connectivity index (χ1v) is 5.03. The maximum absolute atomic E-state index is 5.71. The van der Waals surface area contributed by atoms with Crippen molar-refractivity contribution in [3.8, 4) is 0 Å². The lowest BCUT2D eigenvalue weighted by Gasteiger charge is -2.18. The van der Waals surface area contributed by atoms with Gasteiger partial charge in [-0.15, -0.1) is 0 Å². The molecule has 1 rings (SSSR count). The molecular formula is C10H18N4. The fourth-order valence-electron chi connectivity index (χ4n) is 1.34. The Morgan fingerprint density at radius 1 is 1.29 bits per heavy atom.